The van der Waals surface area contributed by atoms with Crippen LogP contribution in [0.1, 0.15) is 19.4 Å². The lowest BCUT2D eigenvalue weighted by Crippen LogP contribution is -2.31. The van der Waals surface area contributed by atoms with Gasteiger partial charge in [0.1, 0.15) is 18.5 Å². The molecule has 0 fully saturated rings. The molecule has 0 aromatic heterocycles. The third kappa shape index (κ3) is 6.22. The molecule has 2 amide bonds. The lowest BCUT2D eigenvalue weighted by atomic mass is 10.2. The van der Waals surface area contributed by atoms with Crippen molar-refractivity contribution in [3.63, 3.8) is 0 Å². The molecule has 1 unspecified atom stereocenters. The van der Waals surface area contributed by atoms with E-state index in [4.69, 9.17) is 9.47 Å². The lowest BCUT2D eigenvalue weighted by molar-refractivity contribution is -0.131. The molecule has 0 aliphatic carbocycles. The molecule has 2 aromatic carbocycles. The van der Waals surface area contributed by atoms with Gasteiger partial charge in [-0.05, 0) is 62.7 Å². The number of aryl methyl sites for hydroxylation is 1. The highest BCUT2D eigenvalue weighted by molar-refractivity contribution is 5.95. The first-order valence-electron chi connectivity index (χ1n) is 8.49. The Morgan fingerprint density at radius 1 is 1.04 bits per heavy atom. The Bertz CT molecular complexity index is 744. The van der Waals surface area contributed by atoms with E-state index in [1.807, 2.05) is 32.0 Å². The van der Waals surface area contributed by atoms with Gasteiger partial charge in [-0.3, -0.25) is 9.59 Å². The van der Waals surface area contributed by atoms with Crippen molar-refractivity contribution in [3.05, 3.63) is 54.1 Å². The summed E-state index contributed by atoms with van der Waals surface area (Å²) in [5.41, 5.74) is 2.38. The van der Waals surface area contributed by atoms with E-state index >= 15 is 0 Å². The van der Waals surface area contributed by atoms with E-state index in [-0.39, 0.29) is 18.4 Å². The maximum Gasteiger partial charge on any atom is 0.253 e. The fraction of sp³-hybridized carbons (Fsp3) is 0.300. The van der Waals surface area contributed by atoms with Crippen LogP contribution >= 0.6 is 0 Å². The van der Waals surface area contributed by atoms with Crippen molar-refractivity contribution in [2.75, 3.05) is 23.8 Å². The molecule has 0 bridgehead atoms. The largest absolute Gasteiger partial charge is 0.494 e. The summed E-state index contributed by atoms with van der Waals surface area (Å²) in [5.74, 6) is 0.108. The first-order chi connectivity index (χ1) is 12.5. The second-order valence-corrected chi connectivity index (χ2v) is 5.82. The van der Waals surface area contributed by atoms with Crippen molar-refractivity contribution in [1.29, 1.82) is 0 Å². The number of ether oxygens (including phenoxy) is 2. The van der Waals surface area contributed by atoms with Crippen molar-refractivity contribution in [2.45, 2.75) is 26.9 Å². The summed E-state index contributed by atoms with van der Waals surface area (Å²) in [6, 6.07) is 14.5. The summed E-state index contributed by atoms with van der Waals surface area (Å²) < 4.78 is 10.7. The monoisotopic (exact) mass is 356 g/mol. The molecule has 0 radical (unpaired) electrons. The van der Waals surface area contributed by atoms with Crippen LogP contribution < -0.4 is 15.4 Å². The first kappa shape index (κ1) is 19.5. The molecule has 0 aliphatic heterocycles. The average molecular weight is 356 g/mol. The van der Waals surface area contributed by atoms with Crippen LogP contribution in [-0.2, 0) is 14.3 Å². The summed E-state index contributed by atoms with van der Waals surface area (Å²) in [6.07, 6.45) is -0.759. The molecule has 0 heterocycles. The fourth-order valence-electron chi connectivity index (χ4n) is 2.24. The molecule has 6 nitrogen and oxygen atoms in total. The normalized spacial score (nSPS) is 11.5. The molecule has 2 rings (SSSR count). The molecule has 26 heavy (non-hydrogen) atoms. The quantitative estimate of drug-likeness (QED) is 0.760. The van der Waals surface area contributed by atoms with Gasteiger partial charge in [-0.15, -0.1) is 0 Å². The fourth-order valence-corrected chi connectivity index (χ4v) is 2.24. The average Bonchev–Trinajstić information content (AvgIpc) is 2.61. The highest BCUT2D eigenvalue weighted by atomic mass is 16.5. The topological polar surface area (TPSA) is 76.7 Å². The number of carbonyl (C=O) groups is 2. The van der Waals surface area contributed by atoms with Crippen LogP contribution in [0.3, 0.4) is 0 Å². The number of hydrogen-bond acceptors (Lipinski definition) is 4. The zero-order chi connectivity index (χ0) is 18.9. The van der Waals surface area contributed by atoms with Gasteiger partial charge in [0.25, 0.3) is 5.91 Å². The zero-order valence-corrected chi connectivity index (χ0v) is 15.2. The van der Waals surface area contributed by atoms with Gasteiger partial charge >= 0.3 is 0 Å². The van der Waals surface area contributed by atoms with Crippen molar-refractivity contribution >= 4 is 23.2 Å². The van der Waals surface area contributed by atoms with Crippen LogP contribution in [0.25, 0.3) is 0 Å². The standard InChI is InChI=1S/C20H24N2O4/c1-4-25-18-10-8-16(9-11-18)22-20(24)15(3)26-13-19(23)21-17-7-5-6-14(2)12-17/h5-12,15H,4,13H2,1-3H3,(H,21,23)(H,22,24). The minimum absolute atomic E-state index is 0.203. The van der Waals surface area contributed by atoms with Gasteiger partial charge in [-0.25, -0.2) is 0 Å². The van der Waals surface area contributed by atoms with Gasteiger partial charge in [-0.2, -0.15) is 0 Å². The molecule has 2 aromatic rings. The molecule has 0 aliphatic rings. The minimum atomic E-state index is -0.759. The van der Waals surface area contributed by atoms with Gasteiger partial charge in [0.05, 0.1) is 6.61 Å². The number of anilines is 2. The van der Waals surface area contributed by atoms with Gasteiger partial charge < -0.3 is 20.1 Å². The van der Waals surface area contributed by atoms with E-state index in [1.54, 1.807) is 37.3 Å². The smallest absolute Gasteiger partial charge is 0.253 e. The Hall–Kier alpha value is -2.86. The van der Waals surface area contributed by atoms with E-state index in [0.717, 1.165) is 11.3 Å². The molecule has 0 saturated carbocycles. The molecule has 138 valence electrons. The predicted octanol–water partition coefficient (Wildman–Crippen LogP) is 3.38. The maximum atomic E-state index is 12.1. The Balaban J connectivity index is 1.78. The molecule has 0 saturated heterocycles. The third-order valence-electron chi connectivity index (χ3n) is 3.57. The summed E-state index contributed by atoms with van der Waals surface area (Å²) in [7, 11) is 0. The van der Waals surface area contributed by atoms with Crippen molar-refractivity contribution < 1.29 is 19.1 Å². The number of nitrogens with one attached hydrogen (secondary N) is 2. The van der Waals surface area contributed by atoms with Crippen LogP contribution in [0.15, 0.2) is 48.5 Å². The predicted molar refractivity (Wildman–Crippen MR) is 101 cm³/mol. The zero-order valence-electron chi connectivity index (χ0n) is 15.2. The summed E-state index contributed by atoms with van der Waals surface area (Å²) >= 11 is 0. The molecule has 1 atom stereocenters. The molecular formula is C20H24N2O4. The second kappa shape index (κ2) is 9.58. The summed E-state index contributed by atoms with van der Waals surface area (Å²) in [6.45, 7) is 5.83. The second-order valence-electron chi connectivity index (χ2n) is 5.82. The maximum absolute atomic E-state index is 12.1. The van der Waals surface area contributed by atoms with Crippen LogP contribution in [-0.4, -0.2) is 31.1 Å². The van der Waals surface area contributed by atoms with E-state index in [1.165, 1.54) is 0 Å². The Morgan fingerprint density at radius 3 is 2.42 bits per heavy atom. The van der Waals surface area contributed by atoms with Crippen molar-refractivity contribution in [2.24, 2.45) is 0 Å². The van der Waals surface area contributed by atoms with Crippen molar-refractivity contribution in [1.82, 2.24) is 0 Å². The number of benzene rings is 2. The van der Waals surface area contributed by atoms with Crippen LogP contribution in [0.4, 0.5) is 11.4 Å². The first-order valence-corrected chi connectivity index (χ1v) is 8.49. The van der Waals surface area contributed by atoms with Crippen molar-refractivity contribution in [3.8, 4) is 5.75 Å². The van der Waals surface area contributed by atoms with Crippen LogP contribution in [0, 0.1) is 6.92 Å². The van der Waals surface area contributed by atoms with E-state index < -0.39 is 6.10 Å². The Morgan fingerprint density at radius 2 is 1.77 bits per heavy atom. The lowest BCUT2D eigenvalue weighted by Gasteiger charge is -2.14. The van der Waals surface area contributed by atoms with Crippen LogP contribution in [0.5, 0.6) is 5.75 Å². The molecule has 0 spiro atoms. The Kier molecular flexibility index (Phi) is 7.17. The van der Waals surface area contributed by atoms with Gasteiger partial charge in [0, 0.05) is 11.4 Å². The highest BCUT2D eigenvalue weighted by Gasteiger charge is 2.15. The molecule has 6 heteroatoms. The van der Waals surface area contributed by atoms with E-state index in [9.17, 15) is 9.59 Å². The van der Waals surface area contributed by atoms with Crippen LogP contribution in [0.2, 0.25) is 0 Å². The summed E-state index contributed by atoms with van der Waals surface area (Å²) in [5, 5.41) is 5.48. The van der Waals surface area contributed by atoms with Gasteiger partial charge in [0.15, 0.2) is 0 Å². The van der Waals surface area contributed by atoms with Gasteiger partial charge in [-0.1, -0.05) is 12.1 Å². The third-order valence-corrected chi connectivity index (χ3v) is 3.57. The minimum Gasteiger partial charge on any atom is -0.494 e. The number of hydrogen-bond donors (Lipinski definition) is 2. The van der Waals surface area contributed by atoms with E-state index in [0.29, 0.717) is 18.0 Å². The summed E-state index contributed by atoms with van der Waals surface area (Å²) in [4.78, 5) is 24.1. The SMILES string of the molecule is CCOc1ccc(NC(=O)C(C)OCC(=O)Nc2cccc(C)c2)cc1. The van der Waals surface area contributed by atoms with E-state index in [2.05, 4.69) is 10.6 Å². The van der Waals surface area contributed by atoms with Gasteiger partial charge in [0.2, 0.25) is 5.91 Å². The Labute approximate surface area is 153 Å². The highest BCUT2D eigenvalue weighted by Crippen LogP contribution is 2.16. The number of rotatable bonds is 8. The number of amides is 2. The molecule has 2 N–H and O–H groups in total. The number of carbonyl (C=O) groups excluding carboxylic acids is 2. The molecular weight excluding hydrogens is 332 g/mol.